The molecule has 1 aromatic carbocycles. The van der Waals surface area contributed by atoms with Gasteiger partial charge in [-0.05, 0) is 48.7 Å². The minimum Gasteiger partial charge on any atom is -0.348 e. The van der Waals surface area contributed by atoms with Gasteiger partial charge in [0.05, 0.1) is 0 Å². The Kier molecular flexibility index (Phi) is 6.55. The highest BCUT2D eigenvalue weighted by molar-refractivity contribution is 6.04. The van der Waals surface area contributed by atoms with E-state index in [-0.39, 0.29) is 29.5 Å². The van der Waals surface area contributed by atoms with Crippen molar-refractivity contribution in [3.63, 3.8) is 0 Å². The third kappa shape index (κ3) is 5.17. The number of anilines is 1. The van der Waals surface area contributed by atoms with E-state index < -0.39 is 0 Å². The molecular weight excluding hydrogens is 406 g/mol. The summed E-state index contributed by atoms with van der Waals surface area (Å²) in [6.07, 6.45) is 4.81. The number of aryl methyl sites for hydroxylation is 1. The van der Waals surface area contributed by atoms with Gasteiger partial charge in [0.25, 0.3) is 11.8 Å². The Morgan fingerprint density at radius 3 is 2.88 bits per heavy atom. The summed E-state index contributed by atoms with van der Waals surface area (Å²) in [5.74, 6) is 0.541. The fourth-order valence-corrected chi connectivity index (χ4v) is 3.74. The molecule has 166 valence electrons. The van der Waals surface area contributed by atoms with Crippen molar-refractivity contribution in [1.82, 2.24) is 30.4 Å². The van der Waals surface area contributed by atoms with E-state index in [0.717, 1.165) is 37.3 Å². The quantitative estimate of drug-likeness (QED) is 0.524. The molecular formula is C23H27N7O2. The topological polar surface area (TPSA) is 114 Å². The molecule has 0 spiro atoms. The van der Waals surface area contributed by atoms with Gasteiger partial charge in [-0.2, -0.15) is 0 Å². The zero-order valence-corrected chi connectivity index (χ0v) is 18.2. The van der Waals surface area contributed by atoms with E-state index in [2.05, 4.69) is 38.1 Å². The smallest absolute Gasteiger partial charge is 0.274 e. The van der Waals surface area contributed by atoms with E-state index in [9.17, 15) is 9.59 Å². The van der Waals surface area contributed by atoms with Crippen LogP contribution in [-0.4, -0.2) is 50.7 Å². The van der Waals surface area contributed by atoms with Crippen LogP contribution in [0.25, 0.3) is 0 Å². The van der Waals surface area contributed by atoms with Gasteiger partial charge in [-0.15, -0.1) is 10.2 Å². The van der Waals surface area contributed by atoms with Crippen LogP contribution in [-0.2, 0) is 13.5 Å². The Morgan fingerprint density at radius 2 is 2.12 bits per heavy atom. The van der Waals surface area contributed by atoms with Gasteiger partial charge < -0.3 is 20.5 Å². The average molecular weight is 434 g/mol. The van der Waals surface area contributed by atoms with Gasteiger partial charge in [0.2, 0.25) is 0 Å². The number of nitrogens with zero attached hydrogens (tertiary/aromatic N) is 4. The first-order chi connectivity index (χ1) is 15.5. The summed E-state index contributed by atoms with van der Waals surface area (Å²) in [6, 6.07) is 11.0. The second-order valence-corrected chi connectivity index (χ2v) is 8.14. The van der Waals surface area contributed by atoms with Crippen LogP contribution in [0.5, 0.6) is 0 Å². The van der Waals surface area contributed by atoms with Gasteiger partial charge >= 0.3 is 0 Å². The predicted octanol–water partition coefficient (Wildman–Crippen LogP) is 1.90. The van der Waals surface area contributed by atoms with Crippen molar-refractivity contribution in [1.29, 1.82) is 0 Å². The van der Waals surface area contributed by atoms with Crippen LogP contribution in [0.3, 0.4) is 0 Å². The number of benzene rings is 1. The number of carbonyl (C=O) groups is 2. The molecule has 1 aliphatic heterocycles. The Labute approximate surface area is 186 Å². The highest BCUT2D eigenvalue weighted by Gasteiger charge is 2.19. The number of hydrogen-bond acceptors (Lipinski definition) is 6. The molecule has 0 radical (unpaired) electrons. The lowest BCUT2D eigenvalue weighted by Gasteiger charge is -2.14. The Balaban J connectivity index is 1.42. The highest BCUT2D eigenvalue weighted by atomic mass is 16.2. The number of hydrogen-bond donors (Lipinski definition) is 3. The summed E-state index contributed by atoms with van der Waals surface area (Å²) in [6.45, 7) is 3.76. The molecule has 2 atom stereocenters. The Hall–Kier alpha value is -3.59. The zero-order chi connectivity index (χ0) is 22.5. The molecule has 2 aromatic heterocycles. The molecule has 2 amide bonds. The third-order valence-electron chi connectivity index (χ3n) is 5.66. The van der Waals surface area contributed by atoms with E-state index in [4.69, 9.17) is 0 Å². The van der Waals surface area contributed by atoms with E-state index in [0.29, 0.717) is 11.3 Å². The molecule has 9 nitrogen and oxygen atoms in total. The van der Waals surface area contributed by atoms with Crippen LogP contribution in [0.2, 0.25) is 0 Å². The maximum Gasteiger partial charge on any atom is 0.274 e. The molecule has 1 fully saturated rings. The molecule has 3 aromatic rings. The van der Waals surface area contributed by atoms with Crippen LogP contribution >= 0.6 is 0 Å². The van der Waals surface area contributed by atoms with Gasteiger partial charge in [0, 0.05) is 43.5 Å². The molecule has 0 bridgehead atoms. The van der Waals surface area contributed by atoms with Crippen molar-refractivity contribution < 1.29 is 9.59 Å². The van der Waals surface area contributed by atoms with Gasteiger partial charge in [-0.1, -0.05) is 19.1 Å². The van der Waals surface area contributed by atoms with Gasteiger partial charge in [0.15, 0.2) is 0 Å². The van der Waals surface area contributed by atoms with E-state index >= 15 is 0 Å². The van der Waals surface area contributed by atoms with Crippen molar-refractivity contribution >= 4 is 17.5 Å². The first-order valence-corrected chi connectivity index (χ1v) is 10.7. The SMILES string of the molecule is CC(Cc1nncn1C)c1cccc(NC(=O)c2cc(C(=O)N[C@@H]3CCNC3)ccn2)c1. The number of aromatic nitrogens is 4. The zero-order valence-electron chi connectivity index (χ0n) is 18.2. The maximum atomic E-state index is 12.8. The number of carbonyl (C=O) groups excluding carboxylic acids is 2. The Morgan fingerprint density at radius 1 is 1.25 bits per heavy atom. The standard InChI is InChI=1S/C23H27N7O2/c1-15(10-21-29-26-14-30(21)2)16-4-3-5-18(11-16)27-23(32)20-12-17(6-9-25-20)22(31)28-19-7-8-24-13-19/h3-6,9,11-12,14-15,19,24H,7-8,10,13H2,1-2H3,(H,27,32)(H,28,31)/t15?,19-/m1/s1. The second-order valence-electron chi connectivity index (χ2n) is 8.14. The summed E-state index contributed by atoms with van der Waals surface area (Å²) < 4.78 is 1.90. The minimum atomic E-state index is -0.361. The van der Waals surface area contributed by atoms with Crippen molar-refractivity contribution in [3.8, 4) is 0 Å². The lowest BCUT2D eigenvalue weighted by molar-refractivity contribution is 0.0940. The largest absolute Gasteiger partial charge is 0.348 e. The average Bonchev–Trinajstić information content (AvgIpc) is 3.46. The second kappa shape index (κ2) is 9.69. The summed E-state index contributed by atoms with van der Waals surface area (Å²) in [5.41, 5.74) is 2.37. The van der Waals surface area contributed by atoms with E-state index in [1.807, 2.05) is 35.9 Å². The molecule has 3 N–H and O–H groups in total. The minimum absolute atomic E-state index is 0.110. The summed E-state index contributed by atoms with van der Waals surface area (Å²) in [4.78, 5) is 29.4. The van der Waals surface area contributed by atoms with Crippen LogP contribution in [0, 0.1) is 0 Å². The lowest BCUT2D eigenvalue weighted by Crippen LogP contribution is -2.36. The number of amides is 2. The summed E-state index contributed by atoms with van der Waals surface area (Å²) >= 11 is 0. The molecule has 1 saturated heterocycles. The molecule has 3 heterocycles. The first kappa shape index (κ1) is 21.6. The number of rotatable bonds is 7. The van der Waals surface area contributed by atoms with Gasteiger partial charge in [-0.25, -0.2) is 0 Å². The van der Waals surface area contributed by atoms with Crippen molar-refractivity contribution in [2.24, 2.45) is 7.05 Å². The maximum absolute atomic E-state index is 12.8. The molecule has 1 aliphatic rings. The van der Waals surface area contributed by atoms with Crippen molar-refractivity contribution in [2.75, 3.05) is 18.4 Å². The van der Waals surface area contributed by atoms with E-state index in [1.54, 1.807) is 12.4 Å². The molecule has 0 saturated carbocycles. The van der Waals surface area contributed by atoms with Crippen LogP contribution < -0.4 is 16.0 Å². The fraction of sp³-hybridized carbons (Fsp3) is 0.348. The van der Waals surface area contributed by atoms with Crippen LogP contribution in [0.1, 0.15) is 51.5 Å². The third-order valence-corrected chi connectivity index (χ3v) is 5.66. The predicted molar refractivity (Wildman–Crippen MR) is 120 cm³/mol. The summed E-state index contributed by atoms with van der Waals surface area (Å²) in [5, 5.41) is 17.2. The molecule has 32 heavy (non-hydrogen) atoms. The van der Waals surface area contributed by atoms with Crippen molar-refractivity contribution in [3.05, 3.63) is 71.6 Å². The van der Waals surface area contributed by atoms with Crippen LogP contribution in [0.4, 0.5) is 5.69 Å². The highest BCUT2D eigenvalue weighted by Crippen LogP contribution is 2.22. The monoisotopic (exact) mass is 433 g/mol. The van der Waals surface area contributed by atoms with Gasteiger partial charge in [0.1, 0.15) is 17.8 Å². The van der Waals surface area contributed by atoms with Crippen molar-refractivity contribution in [2.45, 2.75) is 31.7 Å². The molecule has 9 heteroatoms. The molecule has 4 rings (SSSR count). The Bertz CT molecular complexity index is 1100. The molecule has 1 unspecified atom stereocenters. The van der Waals surface area contributed by atoms with Gasteiger partial charge in [-0.3, -0.25) is 14.6 Å². The normalized spacial score (nSPS) is 16.5. The number of pyridine rings is 1. The van der Waals surface area contributed by atoms with E-state index in [1.165, 1.54) is 12.3 Å². The lowest BCUT2D eigenvalue weighted by atomic mass is 9.97. The van der Waals surface area contributed by atoms with Crippen LogP contribution in [0.15, 0.2) is 48.9 Å². The first-order valence-electron chi connectivity index (χ1n) is 10.7. The fourth-order valence-electron chi connectivity index (χ4n) is 3.74. The molecule has 0 aliphatic carbocycles. The summed E-state index contributed by atoms with van der Waals surface area (Å²) in [7, 11) is 1.92. The number of nitrogens with one attached hydrogen (secondary N) is 3.